The van der Waals surface area contributed by atoms with E-state index in [-0.39, 0.29) is 6.10 Å². The Hall–Kier alpha value is -0.730. The molecule has 2 unspecified atom stereocenters. The van der Waals surface area contributed by atoms with Gasteiger partial charge in [0.05, 0.1) is 5.02 Å². The fraction of sp³-hybridized carbons (Fsp3) is 0.400. The molecule has 70 valence electrons. The second kappa shape index (κ2) is 2.89. The van der Waals surface area contributed by atoms with Crippen LogP contribution < -0.4 is 4.74 Å². The monoisotopic (exact) mass is 198 g/mol. The summed E-state index contributed by atoms with van der Waals surface area (Å²) in [5.74, 6) is 0.640. The maximum atomic E-state index is 9.77. The van der Waals surface area contributed by atoms with Gasteiger partial charge in [-0.05, 0) is 25.5 Å². The van der Waals surface area contributed by atoms with Crippen LogP contribution in [0.25, 0.3) is 0 Å². The lowest BCUT2D eigenvalue weighted by Crippen LogP contribution is -2.13. The van der Waals surface area contributed by atoms with E-state index >= 15 is 0 Å². The predicted octanol–water partition coefficient (Wildman–Crippen LogP) is 2.46. The lowest BCUT2D eigenvalue weighted by Gasteiger charge is -2.07. The standard InChI is InChI=1S/C10H11ClO2/c1-5-3-4-7(11)10-8(5)9(12)6(2)13-10/h3-4,6,9,12H,1-2H3. The van der Waals surface area contributed by atoms with Gasteiger partial charge < -0.3 is 9.84 Å². The number of aliphatic hydroxyl groups is 1. The number of ether oxygens (including phenoxy) is 1. The van der Waals surface area contributed by atoms with Gasteiger partial charge in [0.25, 0.3) is 0 Å². The molecule has 1 aromatic carbocycles. The van der Waals surface area contributed by atoms with Gasteiger partial charge in [-0.3, -0.25) is 0 Å². The van der Waals surface area contributed by atoms with Gasteiger partial charge in [0.2, 0.25) is 0 Å². The van der Waals surface area contributed by atoms with Gasteiger partial charge in [-0.2, -0.15) is 0 Å². The van der Waals surface area contributed by atoms with Crippen LogP contribution in [0.1, 0.15) is 24.2 Å². The molecule has 2 nitrogen and oxygen atoms in total. The van der Waals surface area contributed by atoms with Crippen molar-refractivity contribution in [1.29, 1.82) is 0 Å². The minimum absolute atomic E-state index is 0.200. The molecule has 0 amide bonds. The highest BCUT2D eigenvalue weighted by atomic mass is 35.5. The van der Waals surface area contributed by atoms with Crippen molar-refractivity contribution < 1.29 is 9.84 Å². The van der Waals surface area contributed by atoms with E-state index in [0.717, 1.165) is 11.1 Å². The molecule has 2 rings (SSSR count). The molecule has 1 aliphatic rings. The van der Waals surface area contributed by atoms with Gasteiger partial charge in [0.15, 0.2) is 0 Å². The van der Waals surface area contributed by atoms with Crippen LogP contribution in [-0.4, -0.2) is 11.2 Å². The van der Waals surface area contributed by atoms with Gasteiger partial charge >= 0.3 is 0 Å². The highest BCUT2D eigenvalue weighted by molar-refractivity contribution is 6.32. The minimum atomic E-state index is -0.548. The van der Waals surface area contributed by atoms with Crippen LogP contribution in [0.5, 0.6) is 5.75 Å². The van der Waals surface area contributed by atoms with Gasteiger partial charge in [-0.1, -0.05) is 17.7 Å². The van der Waals surface area contributed by atoms with E-state index in [4.69, 9.17) is 16.3 Å². The average Bonchev–Trinajstić information content (AvgIpc) is 2.38. The molecular weight excluding hydrogens is 188 g/mol. The van der Waals surface area contributed by atoms with Gasteiger partial charge in [-0.15, -0.1) is 0 Å². The predicted molar refractivity (Wildman–Crippen MR) is 51.2 cm³/mol. The highest BCUT2D eigenvalue weighted by Gasteiger charge is 2.32. The first kappa shape index (κ1) is 8.85. The van der Waals surface area contributed by atoms with Crippen LogP contribution in [0, 0.1) is 6.92 Å². The summed E-state index contributed by atoms with van der Waals surface area (Å²) >= 11 is 5.94. The zero-order chi connectivity index (χ0) is 9.59. The molecule has 1 N–H and O–H groups in total. The molecule has 0 saturated heterocycles. The van der Waals surface area contributed by atoms with Crippen molar-refractivity contribution in [3.8, 4) is 5.75 Å². The zero-order valence-corrected chi connectivity index (χ0v) is 8.30. The van der Waals surface area contributed by atoms with E-state index in [1.54, 1.807) is 6.07 Å². The summed E-state index contributed by atoms with van der Waals surface area (Å²) in [6, 6.07) is 3.69. The molecule has 1 aliphatic heterocycles. The number of hydrogen-bond acceptors (Lipinski definition) is 2. The second-order valence-corrected chi connectivity index (χ2v) is 3.78. The summed E-state index contributed by atoms with van der Waals surface area (Å²) in [5, 5.41) is 10.3. The average molecular weight is 199 g/mol. The van der Waals surface area contributed by atoms with E-state index in [1.807, 2.05) is 19.9 Å². The number of halogens is 1. The number of aliphatic hydroxyl groups excluding tert-OH is 1. The second-order valence-electron chi connectivity index (χ2n) is 3.37. The molecule has 0 aromatic heterocycles. The molecule has 0 saturated carbocycles. The van der Waals surface area contributed by atoms with Crippen molar-refractivity contribution in [2.24, 2.45) is 0 Å². The molecule has 0 spiro atoms. The SMILES string of the molecule is Cc1ccc(Cl)c2c1C(O)C(C)O2. The Morgan fingerprint density at radius 2 is 2.15 bits per heavy atom. The fourth-order valence-corrected chi connectivity index (χ4v) is 1.85. The summed E-state index contributed by atoms with van der Waals surface area (Å²) in [7, 11) is 0. The van der Waals surface area contributed by atoms with E-state index < -0.39 is 6.10 Å². The van der Waals surface area contributed by atoms with Gasteiger partial charge in [0.1, 0.15) is 18.0 Å². The molecule has 3 heteroatoms. The third kappa shape index (κ3) is 1.21. The van der Waals surface area contributed by atoms with E-state index in [9.17, 15) is 5.11 Å². The summed E-state index contributed by atoms with van der Waals surface area (Å²) in [6.07, 6.45) is -0.748. The van der Waals surface area contributed by atoms with Gasteiger partial charge in [-0.25, -0.2) is 0 Å². The lowest BCUT2D eigenvalue weighted by atomic mass is 10.0. The summed E-state index contributed by atoms with van der Waals surface area (Å²) in [6.45, 7) is 3.78. The van der Waals surface area contributed by atoms with Crippen molar-refractivity contribution in [3.63, 3.8) is 0 Å². The first-order chi connectivity index (χ1) is 6.11. The van der Waals surface area contributed by atoms with Crippen LogP contribution in [0.3, 0.4) is 0 Å². The van der Waals surface area contributed by atoms with Crippen LogP contribution in [0.4, 0.5) is 0 Å². The van der Waals surface area contributed by atoms with Crippen molar-refractivity contribution in [1.82, 2.24) is 0 Å². The fourth-order valence-electron chi connectivity index (χ4n) is 1.64. The highest BCUT2D eigenvalue weighted by Crippen LogP contribution is 2.43. The van der Waals surface area contributed by atoms with Crippen LogP contribution >= 0.6 is 11.6 Å². The normalized spacial score (nSPS) is 25.5. The molecule has 1 aromatic rings. The Kier molecular flexibility index (Phi) is 1.97. The first-order valence-electron chi connectivity index (χ1n) is 4.25. The number of aryl methyl sites for hydroxylation is 1. The summed E-state index contributed by atoms with van der Waals surface area (Å²) in [4.78, 5) is 0. The van der Waals surface area contributed by atoms with E-state index in [0.29, 0.717) is 10.8 Å². The third-order valence-electron chi connectivity index (χ3n) is 2.41. The Morgan fingerprint density at radius 1 is 1.46 bits per heavy atom. The van der Waals surface area contributed by atoms with Crippen molar-refractivity contribution in [3.05, 3.63) is 28.3 Å². The minimum Gasteiger partial charge on any atom is -0.486 e. The molecule has 0 bridgehead atoms. The van der Waals surface area contributed by atoms with Crippen molar-refractivity contribution in [2.75, 3.05) is 0 Å². The number of hydrogen-bond donors (Lipinski definition) is 1. The molecule has 1 heterocycles. The first-order valence-corrected chi connectivity index (χ1v) is 4.63. The molecule has 0 radical (unpaired) electrons. The van der Waals surface area contributed by atoms with Crippen LogP contribution in [0.15, 0.2) is 12.1 Å². The Bertz CT molecular complexity index is 349. The molecule has 0 fully saturated rings. The topological polar surface area (TPSA) is 29.5 Å². The quantitative estimate of drug-likeness (QED) is 0.694. The number of rotatable bonds is 0. The Labute approximate surface area is 82.1 Å². The maximum absolute atomic E-state index is 9.77. The van der Waals surface area contributed by atoms with E-state index in [2.05, 4.69) is 0 Å². The molecule has 0 aliphatic carbocycles. The lowest BCUT2D eigenvalue weighted by molar-refractivity contribution is 0.0793. The van der Waals surface area contributed by atoms with Gasteiger partial charge in [0, 0.05) is 5.56 Å². The maximum Gasteiger partial charge on any atom is 0.144 e. The summed E-state index contributed by atoms with van der Waals surface area (Å²) < 4.78 is 5.45. The van der Waals surface area contributed by atoms with Crippen molar-refractivity contribution in [2.45, 2.75) is 26.1 Å². The number of fused-ring (bicyclic) bond motifs is 1. The molecule has 13 heavy (non-hydrogen) atoms. The Morgan fingerprint density at radius 3 is 2.77 bits per heavy atom. The van der Waals surface area contributed by atoms with Crippen LogP contribution in [-0.2, 0) is 0 Å². The van der Waals surface area contributed by atoms with E-state index in [1.165, 1.54) is 0 Å². The smallest absolute Gasteiger partial charge is 0.144 e. The summed E-state index contributed by atoms with van der Waals surface area (Å²) in [5.41, 5.74) is 1.86. The third-order valence-corrected chi connectivity index (χ3v) is 2.71. The Balaban J connectivity index is 2.61. The van der Waals surface area contributed by atoms with Crippen LogP contribution in [0.2, 0.25) is 5.02 Å². The largest absolute Gasteiger partial charge is 0.486 e. The zero-order valence-electron chi connectivity index (χ0n) is 7.54. The molecule has 2 atom stereocenters. The number of benzene rings is 1. The van der Waals surface area contributed by atoms with Crippen molar-refractivity contribution >= 4 is 11.6 Å². The molecular formula is C10H11ClO2.